The topological polar surface area (TPSA) is 40.5 Å². The van der Waals surface area contributed by atoms with Crippen molar-refractivity contribution < 1.29 is 9.90 Å². The molecule has 25 heavy (non-hydrogen) atoms. The summed E-state index contributed by atoms with van der Waals surface area (Å²) >= 11 is 5.06. The molecular formula is C20H20BrNO2S. The lowest BCUT2D eigenvalue weighted by Gasteiger charge is -2.26. The van der Waals surface area contributed by atoms with Crippen LogP contribution in [-0.2, 0) is 4.79 Å². The highest BCUT2D eigenvalue weighted by Crippen LogP contribution is 2.27. The molecule has 1 aliphatic rings. The summed E-state index contributed by atoms with van der Waals surface area (Å²) in [5.41, 5.74) is 3.53. The molecular weight excluding hydrogens is 398 g/mol. The largest absolute Gasteiger partial charge is 0.508 e. The molecule has 0 unspecified atom stereocenters. The SMILES string of the molecule is Cc1cc(Br)ccc1SCC(=O)N1CC=C(c2ccc(O)cc2)CC1. The van der Waals surface area contributed by atoms with Crippen LogP contribution in [-0.4, -0.2) is 34.8 Å². The zero-order chi connectivity index (χ0) is 17.8. The van der Waals surface area contributed by atoms with Gasteiger partial charge in [0, 0.05) is 22.5 Å². The van der Waals surface area contributed by atoms with Crippen LogP contribution in [0.15, 0.2) is 57.9 Å². The van der Waals surface area contributed by atoms with Gasteiger partial charge in [0.1, 0.15) is 5.75 Å². The second kappa shape index (κ2) is 8.11. The Hall–Kier alpha value is -1.72. The third-order valence-electron chi connectivity index (χ3n) is 4.29. The maximum atomic E-state index is 12.5. The minimum Gasteiger partial charge on any atom is -0.508 e. The van der Waals surface area contributed by atoms with Crippen LogP contribution in [0, 0.1) is 6.92 Å². The molecule has 0 saturated carbocycles. The Morgan fingerprint density at radius 2 is 2.00 bits per heavy atom. The number of amides is 1. The predicted octanol–water partition coefficient (Wildman–Crippen LogP) is 4.87. The molecule has 0 spiro atoms. The van der Waals surface area contributed by atoms with Crippen molar-refractivity contribution in [1.82, 2.24) is 4.90 Å². The molecule has 0 aliphatic carbocycles. The molecule has 1 aliphatic heterocycles. The van der Waals surface area contributed by atoms with E-state index in [2.05, 4.69) is 41.1 Å². The van der Waals surface area contributed by atoms with Gasteiger partial charge in [-0.1, -0.05) is 34.1 Å². The number of carbonyl (C=O) groups excluding carboxylic acids is 1. The normalized spacial score (nSPS) is 14.3. The second-order valence-corrected chi connectivity index (χ2v) is 8.00. The first kappa shape index (κ1) is 18.1. The van der Waals surface area contributed by atoms with E-state index in [0.29, 0.717) is 12.3 Å². The maximum Gasteiger partial charge on any atom is 0.233 e. The van der Waals surface area contributed by atoms with E-state index in [0.717, 1.165) is 27.9 Å². The molecule has 0 radical (unpaired) electrons. The van der Waals surface area contributed by atoms with Gasteiger partial charge in [-0.05, 0) is 60.4 Å². The molecule has 130 valence electrons. The van der Waals surface area contributed by atoms with Gasteiger partial charge in [0.05, 0.1) is 5.75 Å². The molecule has 5 heteroatoms. The fourth-order valence-electron chi connectivity index (χ4n) is 2.84. The standard InChI is InChI=1S/C20H20BrNO2S/c1-14-12-17(21)4-7-19(14)25-13-20(24)22-10-8-16(9-11-22)15-2-5-18(23)6-3-15/h2-8,12,23H,9-11,13H2,1H3. The van der Waals surface area contributed by atoms with Gasteiger partial charge in [-0.25, -0.2) is 0 Å². The summed E-state index contributed by atoms with van der Waals surface area (Å²) in [6.07, 6.45) is 2.96. The summed E-state index contributed by atoms with van der Waals surface area (Å²) in [5.74, 6) is 0.913. The van der Waals surface area contributed by atoms with E-state index < -0.39 is 0 Å². The monoisotopic (exact) mass is 417 g/mol. The van der Waals surface area contributed by atoms with Crippen LogP contribution in [0.1, 0.15) is 17.5 Å². The summed E-state index contributed by atoms with van der Waals surface area (Å²) in [6, 6.07) is 13.4. The first-order valence-electron chi connectivity index (χ1n) is 8.18. The van der Waals surface area contributed by atoms with Crippen LogP contribution in [0.3, 0.4) is 0 Å². The van der Waals surface area contributed by atoms with Crippen molar-refractivity contribution >= 4 is 39.2 Å². The molecule has 3 rings (SSSR count). The summed E-state index contributed by atoms with van der Waals surface area (Å²) in [4.78, 5) is 15.5. The van der Waals surface area contributed by atoms with Gasteiger partial charge in [0.15, 0.2) is 0 Å². The Kier molecular flexibility index (Phi) is 5.86. The van der Waals surface area contributed by atoms with Crippen molar-refractivity contribution in [2.75, 3.05) is 18.8 Å². The lowest BCUT2D eigenvalue weighted by Crippen LogP contribution is -2.35. The molecule has 3 nitrogen and oxygen atoms in total. The van der Waals surface area contributed by atoms with Gasteiger partial charge in [-0.15, -0.1) is 11.8 Å². The van der Waals surface area contributed by atoms with Gasteiger partial charge in [-0.3, -0.25) is 4.79 Å². The lowest BCUT2D eigenvalue weighted by atomic mass is 9.99. The number of phenols is 1. The molecule has 0 saturated heterocycles. The number of phenolic OH excluding ortho intramolecular Hbond substituents is 1. The van der Waals surface area contributed by atoms with E-state index in [9.17, 15) is 9.90 Å². The van der Waals surface area contributed by atoms with Gasteiger partial charge < -0.3 is 10.0 Å². The smallest absolute Gasteiger partial charge is 0.233 e. The first-order chi connectivity index (χ1) is 12.0. The van der Waals surface area contributed by atoms with Crippen molar-refractivity contribution in [3.05, 3.63) is 64.1 Å². The highest BCUT2D eigenvalue weighted by atomic mass is 79.9. The molecule has 1 heterocycles. The maximum absolute atomic E-state index is 12.5. The zero-order valence-electron chi connectivity index (χ0n) is 14.0. The van der Waals surface area contributed by atoms with E-state index in [1.54, 1.807) is 23.9 Å². The number of aryl methyl sites for hydroxylation is 1. The van der Waals surface area contributed by atoms with E-state index in [1.807, 2.05) is 23.1 Å². The molecule has 0 atom stereocenters. The number of aromatic hydroxyl groups is 1. The molecule has 0 aromatic heterocycles. The molecule has 0 fully saturated rings. The Balaban J connectivity index is 1.56. The quantitative estimate of drug-likeness (QED) is 0.721. The van der Waals surface area contributed by atoms with Gasteiger partial charge >= 0.3 is 0 Å². The number of benzene rings is 2. The summed E-state index contributed by atoms with van der Waals surface area (Å²) < 4.78 is 1.06. The third-order valence-corrected chi connectivity index (χ3v) is 5.94. The summed E-state index contributed by atoms with van der Waals surface area (Å²) in [6.45, 7) is 3.45. The molecule has 2 aromatic carbocycles. The Bertz CT molecular complexity index is 802. The lowest BCUT2D eigenvalue weighted by molar-refractivity contribution is -0.127. The first-order valence-corrected chi connectivity index (χ1v) is 9.96. The van der Waals surface area contributed by atoms with Crippen LogP contribution in [0.4, 0.5) is 0 Å². The van der Waals surface area contributed by atoms with Crippen molar-refractivity contribution in [3.63, 3.8) is 0 Å². The van der Waals surface area contributed by atoms with E-state index in [1.165, 1.54) is 11.1 Å². The minimum absolute atomic E-state index is 0.174. The van der Waals surface area contributed by atoms with Crippen LogP contribution in [0.25, 0.3) is 5.57 Å². The predicted molar refractivity (Wildman–Crippen MR) is 107 cm³/mol. The Morgan fingerprint density at radius 1 is 1.24 bits per heavy atom. The molecule has 0 bridgehead atoms. The van der Waals surface area contributed by atoms with Crippen molar-refractivity contribution in [1.29, 1.82) is 0 Å². The average Bonchev–Trinajstić information content (AvgIpc) is 2.61. The van der Waals surface area contributed by atoms with E-state index in [4.69, 9.17) is 0 Å². The molecule has 2 aromatic rings. The van der Waals surface area contributed by atoms with Gasteiger partial charge in [0.25, 0.3) is 0 Å². The number of nitrogens with zero attached hydrogens (tertiary/aromatic N) is 1. The Labute approximate surface area is 160 Å². The number of carbonyl (C=O) groups is 1. The fraction of sp³-hybridized carbons (Fsp3) is 0.250. The van der Waals surface area contributed by atoms with E-state index >= 15 is 0 Å². The minimum atomic E-state index is 0.174. The number of thioether (sulfide) groups is 1. The fourth-order valence-corrected chi connectivity index (χ4v) is 4.23. The van der Waals surface area contributed by atoms with E-state index in [-0.39, 0.29) is 11.7 Å². The summed E-state index contributed by atoms with van der Waals surface area (Å²) in [5, 5.41) is 9.38. The van der Waals surface area contributed by atoms with Crippen LogP contribution in [0.2, 0.25) is 0 Å². The van der Waals surface area contributed by atoms with Crippen molar-refractivity contribution in [2.45, 2.75) is 18.2 Å². The third kappa shape index (κ3) is 4.67. The zero-order valence-corrected chi connectivity index (χ0v) is 16.4. The number of hydrogen-bond donors (Lipinski definition) is 1. The van der Waals surface area contributed by atoms with Crippen LogP contribution >= 0.6 is 27.7 Å². The number of rotatable bonds is 4. The van der Waals surface area contributed by atoms with Gasteiger partial charge in [0.2, 0.25) is 5.91 Å². The highest BCUT2D eigenvalue weighted by molar-refractivity contribution is 9.10. The van der Waals surface area contributed by atoms with Crippen LogP contribution in [0.5, 0.6) is 5.75 Å². The number of halogens is 1. The number of hydrogen-bond acceptors (Lipinski definition) is 3. The average molecular weight is 418 g/mol. The molecule has 1 N–H and O–H groups in total. The Morgan fingerprint density at radius 3 is 2.64 bits per heavy atom. The highest BCUT2D eigenvalue weighted by Gasteiger charge is 2.18. The molecule has 1 amide bonds. The van der Waals surface area contributed by atoms with Crippen molar-refractivity contribution in [3.8, 4) is 5.75 Å². The van der Waals surface area contributed by atoms with Crippen molar-refractivity contribution in [2.24, 2.45) is 0 Å². The van der Waals surface area contributed by atoms with Crippen LogP contribution < -0.4 is 0 Å². The van der Waals surface area contributed by atoms with Gasteiger partial charge in [-0.2, -0.15) is 0 Å². The second-order valence-electron chi connectivity index (χ2n) is 6.06. The summed E-state index contributed by atoms with van der Waals surface area (Å²) in [7, 11) is 0.